The second-order valence-electron chi connectivity index (χ2n) is 5.18. The minimum Gasteiger partial charge on any atom is -0.464 e. The molecule has 1 fully saturated rings. The highest BCUT2D eigenvalue weighted by Gasteiger charge is 2.60. The number of carbonyl (C=O) groups is 3. The Bertz CT molecular complexity index is 770. The summed E-state index contributed by atoms with van der Waals surface area (Å²) in [6, 6.07) is 4.28. The molecule has 2 rings (SSSR count). The van der Waals surface area contributed by atoms with Crippen LogP contribution in [0.4, 0.5) is 0 Å². The first kappa shape index (κ1) is 17.9. The van der Waals surface area contributed by atoms with E-state index in [0.717, 1.165) is 12.5 Å². The molecule has 1 heterocycles. The van der Waals surface area contributed by atoms with E-state index in [1.165, 1.54) is 19.1 Å². The average molecular weight is 355 g/mol. The highest BCUT2D eigenvalue weighted by molar-refractivity contribution is 7.89. The molecule has 0 N–H and O–H groups in total. The van der Waals surface area contributed by atoms with Crippen LogP contribution in [0.5, 0.6) is 0 Å². The van der Waals surface area contributed by atoms with E-state index >= 15 is 0 Å². The van der Waals surface area contributed by atoms with Crippen LogP contribution in [0.2, 0.25) is 0 Å². The Labute approximate surface area is 139 Å². The van der Waals surface area contributed by atoms with Gasteiger partial charge in [-0.25, -0.2) is 17.5 Å². The van der Waals surface area contributed by atoms with Gasteiger partial charge in [0.05, 0.1) is 11.5 Å². The fourth-order valence-corrected chi connectivity index (χ4v) is 3.81. The van der Waals surface area contributed by atoms with Crippen molar-refractivity contribution in [1.82, 2.24) is 4.31 Å². The van der Waals surface area contributed by atoms with Gasteiger partial charge < -0.3 is 9.47 Å². The van der Waals surface area contributed by atoms with Gasteiger partial charge in [0.1, 0.15) is 0 Å². The van der Waals surface area contributed by atoms with Crippen LogP contribution in [0.15, 0.2) is 29.2 Å². The van der Waals surface area contributed by atoms with Gasteiger partial charge in [0.25, 0.3) is 15.9 Å². The van der Waals surface area contributed by atoms with Crippen molar-refractivity contribution in [2.75, 3.05) is 6.61 Å². The summed E-state index contributed by atoms with van der Waals surface area (Å²) < 4.78 is 35.3. The minimum absolute atomic E-state index is 0.00522. The largest absolute Gasteiger partial charge is 0.464 e. The number of ether oxygens (including phenoxy) is 2. The molecule has 8 nitrogen and oxygen atoms in total. The van der Waals surface area contributed by atoms with Crippen molar-refractivity contribution in [3.63, 3.8) is 0 Å². The molecule has 0 unspecified atom stereocenters. The maximum Gasteiger partial charge on any atom is 0.334 e. The fourth-order valence-electron chi connectivity index (χ4n) is 2.27. The normalized spacial score (nSPS) is 20.3. The Kier molecular flexibility index (Phi) is 4.93. The van der Waals surface area contributed by atoms with Gasteiger partial charge in [-0.05, 0) is 26.0 Å². The summed E-state index contributed by atoms with van der Waals surface area (Å²) in [6.07, 6.45) is -1.50. The Morgan fingerprint density at radius 2 is 1.79 bits per heavy atom. The lowest BCUT2D eigenvalue weighted by Crippen LogP contribution is -2.70. The molecule has 1 saturated heterocycles. The van der Waals surface area contributed by atoms with Crippen molar-refractivity contribution in [2.24, 2.45) is 0 Å². The molecule has 24 heavy (non-hydrogen) atoms. The quantitative estimate of drug-likeness (QED) is 0.555. The molecular formula is C15H17NO7S. The lowest BCUT2D eigenvalue weighted by atomic mass is 10.0. The smallest absolute Gasteiger partial charge is 0.334 e. The predicted molar refractivity (Wildman–Crippen MR) is 81.2 cm³/mol. The first-order valence-electron chi connectivity index (χ1n) is 7.19. The van der Waals surface area contributed by atoms with E-state index in [1.807, 2.05) is 0 Å². The lowest BCUT2D eigenvalue weighted by Gasteiger charge is -2.42. The zero-order valence-electron chi connectivity index (χ0n) is 13.4. The highest BCUT2D eigenvalue weighted by atomic mass is 32.2. The topological polar surface area (TPSA) is 107 Å². The van der Waals surface area contributed by atoms with Crippen LogP contribution in [-0.4, -0.2) is 49.3 Å². The Hall–Kier alpha value is -2.42. The Balaban J connectivity index is 2.39. The van der Waals surface area contributed by atoms with E-state index in [4.69, 9.17) is 9.47 Å². The second-order valence-corrected chi connectivity index (χ2v) is 6.99. The monoisotopic (exact) mass is 355 g/mol. The van der Waals surface area contributed by atoms with Crippen molar-refractivity contribution in [3.8, 4) is 0 Å². The molecule has 0 aliphatic carbocycles. The third-order valence-electron chi connectivity index (χ3n) is 3.40. The Morgan fingerprint density at radius 3 is 2.29 bits per heavy atom. The van der Waals surface area contributed by atoms with Crippen molar-refractivity contribution >= 4 is 27.9 Å². The van der Waals surface area contributed by atoms with E-state index in [1.54, 1.807) is 19.1 Å². The number of sulfonamides is 1. The molecule has 0 bridgehead atoms. The summed E-state index contributed by atoms with van der Waals surface area (Å²) in [7, 11) is -4.26. The number of β-lactam (4-membered cyclic amide) rings is 1. The minimum atomic E-state index is -4.26. The molecule has 1 aliphatic heterocycles. The van der Waals surface area contributed by atoms with Crippen molar-refractivity contribution < 1.29 is 32.3 Å². The zero-order valence-corrected chi connectivity index (χ0v) is 14.2. The number of carbonyl (C=O) groups excluding carboxylic acids is 3. The highest BCUT2D eigenvalue weighted by Crippen LogP contribution is 2.31. The van der Waals surface area contributed by atoms with E-state index in [0.29, 0.717) is 4.31 Å². The molecule has 0 aromatic heterocycles. The Morgan fingerprint density at radius 1 is 1.21 bits per heavy atom. The fraction of sp³-hybridized carbons (Fsp3) is 0.400. The van der Waals surface area contributed by atoms with Crippen LogP contribution in [-0.2, 0) is 33.9 Å². The van der Waals surface area contributed by atoms with Gasteiger partial charge in [-0.3, -0.25) is 9.59 Å². The number of aryl methyl sites for hydroxylation is 1. The van der Waals surface area contributed by atoms with Gasteiger partial charge in [-0.15, -0.1) is 0 Å². The molecule has 2 atom stereocenters. The van der Waals surface area contributed by atoms with E-state index < -0.39 is 40.0 Å². The van der Waals surface area contributed by atoms with Crippen LogP contribution in [0.25, 0.3) is 0 Å². The molecule has 1 aromatic rings. The molecule has 1 aliphatic rings. The number of rotatable bonds is 5. The number of benzene rings is 1. The van der Waals surface area contributed by atoms with Crippen LogP contribution in [0.1, 0.15) is 19.4 Å². The van der Waals surface area contributed by atoms with E-state index in [-0.39, 0.29) is 11.5 Å². The van der Waals surface area contributed by atoms with E-state index in [9.17, 15) is 22.8 Å². The SMILES string of the molecule is CCOC(=O)[C@H]1[C@@H](OC(C)=O)C(=O)N1S(=O)(=O)c1ccc(C)cc1. The summed E-state index contributed by atoms with van der Waals surface area (Å²) in [6.45, 7) is 4.38. The zero-order chi connectivity index (χ0) is 18.1. The second kappa shape index (κ2) is 6.60. The van der Waals surface area contributed by atoms with Gasteiger partial charge in [0, 0.05) is 6.92 Å². The van der Waals surface area contributed by atoms with Crippen LogP contribution in [0, 0.1) is 6.92 Å². The van der Waals surface area contributed by atoms with Crippen LogP contribution in [0.3, 0.4) is 0 Å². The van der Waals surface area contributed by atoms with Crippen molar-refractivity contribution in [2.45, 2.75) is 37.8 Å². The van der Waals surface area contributed by atoms with Gasteiger partial charge in [-0.1, -0.05) is 17.7 Å². The third-order valence-corrected chi connectivity index (χ3v) is 5.19. The van der Waals surface area contributed by atoms with Gasteiger partial charge in [0.2, 0.25) is 6.10 Å². The lowest BCUT2D eigenvalue weighted by molar-refractivity contribution is -0.183. The first-order chi connectivity index (χ1) is 11.2. The molecule has 0 saturated carbocycles. The van der Waals surface area contributed by atoms with Gasteiger partial charge >= 0.3 is 11.9 Å². The molecule has 0 radical (unpaired) electrons. The van der Waals surface area contributed by atoms with Crippen LogP contribution >= 0.6 is 0 Å². The van der Waals surface area contributed by atoms with Crippen molar-refractivity contribution in [3.05, 3.63) is 29.8 Å². The van der Waals surface area contributed by atoms with E-state index in [2.05, 4.69) is 0 Å². The average Bonchev–Trinajstić information content (AvgIpc) is 2.50. The van der Waals surface area contributed by atoms with Gasteiger partial charge in [0.15, 0.2) is 6.04 Å². The summed E-state index contributed by atoms with van der Waals surface area (Å²) in [5.41, 5.74) is 0.837. The summed E-state index contributed by atoms with van der Waals surface area (Å²) >= 11 is 0. The standard InChI is InChI=1S/C15H17NO7S/c1-4-22-15(19)12-13(23-10(3)17)14(18)16(12)24(20,21)11-7-5-9(2)6-8-11/h5-8,12-13H,4H2,1-3H3/t12-,13-/m1/s1. The number of hydrogen-bond donors (Lipinski definition) is 0. The maximum absolute atomic E-state index is 12.6. The number of esters is 2. The number of nitrogens with zero attached hydrogens (tertiary/aromatic N) is 1. The maximum atomic E-state index is 12.6. The summed E-state index contributed by atoms with van der Waals surface area (Å²) in [5, 5.41) is 0. The summed E-state index contributed by atoms with van der Waals surface area (Å²) in [5.74, 6) is -2.72. The third kappa shape index (κ3) is 3.12. The molecule has 130 valence electrons. The molecule has 1 aromatic carbocycles. The first-order valence-corrected chi connectivity index (χ1v) is 8.63. The molecule has 9 heteroatoms. The molecule has 1 amide bonds. The molecular weight excluding hydrogens is 338 g/mol. The van der Waals surface area contributed by atoms with Gasteiger partial charge in [-0.2, -0.15) is 0 Å². The van der Waals surface area contributed by atoms with Crippen LogP contribution < -0.4 is 0 Å². The number of hydrogen-bond acceptors (Lipinski definition) is 7. The number of amides is 1. The molecule has 0 spiro atoms. The predicted octanol–water partition coefficient (Wildman–Crippen LogP) is 0.389. The summed E-state index contributed by atoms with van der Waals surface area (Å²) in [4.78, 5) is 35.1. The van der Waals surface area contributed by atoms with Crippen molar-refractivity contribution in [1.29, 1.82) is 0 Å².